The number of nitrogens with zero attached hydrogens (tertiary/aromatic N) is 5. The van der Waals surface area contributed by atoms with Gasteiger partial charge in [-0.2, -0.15) is 4.98 Å². The summed E-state index contributed by atoms with van der Waals surface area (Å²) in [7, 11) is 0. The van der Waals surface area contributed by atoms with Gasteiger partial charge in [0.25, 0.3) is 0 Å². The molecule has 28 heavy (non-hydrogen) atoms. The van der Waals surface area contributed by atoms with E-state index in [0.29, 0.717) is 11.6 Å². The van der Waals surface area contributed by atoms with Gasteiger partial charge in [0, 0.05) is 45.0 Å². The first-order valence-electron chi connectivity index (χ1n) is 9.48. The van der Waals surface area contributed by atoms with Gasteiger partial charge in [0.2, 0.25) is 5.95 Å². The minimum Gasteiger partial charge on any atom is -0.360 e. The SMILES string of the molecule is Cc1cc(Nc2ccnc(N3CCN(C/C=C/c4ccccc4)CC3)n2)no1. The lowest BCUT2D eigenvalue weighted by Crippen LogP contribution is -2.46. The average Bonchev–Trinajstić information content (AvgIpc) is 3.14. The Hall–Kier alpha value is -3.19. The maximum absolute atomic E-state index is 5.08. The summed E-state index contributed by atoms with van der Waals surface area (Å²) in [5.74, 6) is 2.86. The predicted molar refractivity (Wildman–Crippen MR) is 111 cm³/mol. The summed E-state index contributed by atoms with van der Waals surface area (Å²) in [5, 5.41) is 7.09. The third kappa shape index (κ3) is 4.75. The summed E-state index contributed by atoms with van der Waals surface area (Å²) in [5.41, 5.74) is 1.24. The number of aromatic nitrogens is 3. The third-order valence-electron chi connectivity index (χ3n) is 4.66. The minimum absolute atomic E-state index is 0.650. The number of aryl methyl sites for hydroxylation is 1. The van der Waals surface area contributed by atoms with Gasteiger partial charge in [-0.3, -0.25) is 4.90 Å². The van der Waals surface area contributed by atoms with Crippen LogP contribution in [0.25, 0.3) is 6.08 Å². The molecule has 1 N–H and O–H groups in total. The molecular formula is C21H24N6O. The molecule has 3 heterocycles. The zero-order valence-corrected chi connectivity index (χ0v) is 16.0. The monoisotopic (exact) mass is 376 g/mol. The number of nitrogens with one attached hydrogen (secondary N) is 1. The minimum atomic E-state index is 0.650. The smallest absolute Gasteiger partial charge is 0.227 e. The van der Waals surface area contributed by atoms with Crippen molar-refractivity contribution < 1.29 is 4.52 Å². The van der Waals surface area contributed by atoms with Crippen molar-refractivity contribution in [3.05, 3.63) is 66.1 Å². The van der Waals surface area contributed by atoms with Crippen molar-refractivity contribution in [1.29, 1.82) is 0 Å². The number of benzene rings is 1. The lowest BCUT2D eigenvalue weighted by molar-refractivity contribution is 0.283. The van der Waals surface area contributed by atoms with Gasteiger partial charge >= 0.3 is 0 Å². The number of hydrogen-bond donors (Lipinski definition) is 1. The van der Waals surface area contributed by atoms with Crippen molar-refractivity contribution in [3.8, 4) is 0 Å². The second kappa shape index (κ2) is 8.67. The Kier molecular flexibility index (Phi) is 5.63. The van der Waals surface area contributed by atoms with Crippen molar-refractivity contribution in [3.63, 3.8) is 0 Å². The predicted octanol–water partition coefficient (Wildman–Crippen LogP) is 3.35. The molecule has 0 aliphatic carbocycles. The van der Waals surface area contributed by atoms with Crippen molar-refractivity contribution in [1.82, 2.24) is 20.0 Å². The van der Waals surface area contributed by atoms with E-state index in [-0.39, 0.29) is 0 Å². The number of hydrogen-bond acceptors (Lipinski definition) is 7. The molecule has 1 aromatic carbocycles. The molecule has 0 amide bonds. The molecule has 2 aromatic heterocycles. The van der Waals surface area contributed by atoms with Gasteiger partial charge in [-0.25, -0.2) is 4.98 Å². The van der Waals surface area contributed by atoms with Crippen molar-refractivity contribution in [2.45, 2.75) is 6.92 Å². The van der Waals surface area contributed by atoms with Gasteiger partial charge in [-0.05, 0) is 18.6 Å². The van der Waals surface area contributed by atoms with Gasteiger partial charge in [0.1, 0.15) is 11.6 Å². The Balaban J connectivity index is 1.30. The van der Waals surface area contributed by atoms with Gasteiger partial charge in [0.05, 0.1) is 0 Å². The summed E-state index contributed by atoms with van der Waals surface area (Å²) in [6.45, 7) is 6.61. The van der Waals surface area contributed by atoms with Crippen LogP contribution in [0.1, 0.15) is 11.3 Å². The quantitative estimate of drug-likeness (QED) is 0.707. The van der Waals surface area contributed by atoms with Gasteiger partial charge < -0.3 is 14.7 Å². The first-order chi connectivity index (χ1) is 13.8. The Morgan fingerprint density at radius 1 is 1.07 bits per heavy atom. The van der Waals surface area contributed by atoms with Crippen LogP contribution in [-0.4, -0.2) is 52.7 Å². The van der Waals surface area contributed by atoms with Crippen LogP contribution in [0.15, 0.2) is 59.3 Å². The molecular weight excluding hydrogens is 352 g/mol. The maximum Gasteiger partial charge on any atom is 0.227 e. The summed E-state index contributed by atoms with van der Waals surface area (Å²) < 4.78 is 5.08. The second-order valence-corrected chi connectivity index (χ2v) is 6.79. The average molecular weight is 376 g/mol. The largest absolute Gasteiger partial charge is 0.360 e. The molecule has 0 unspecified atom stereocenters. The lowest BCUT2D eigenvalue weighted by atomic mass is 10.2. The standard InChI is InChI=1S/C21H24N6O/c1-17-16-20(25-28-17)23-19-9-10-22-21(24-19)27-14-12-26(13-15-27)11-5-8-18-6-3-2-4-7-18/h2-10,16H,11-15H2,1H3,(H,22,23,24,25)/b8-5+. The van der Waals surface area contributed by atoms with Crippen molar-refractivity contribution >= 4 is 23.7 Å². The van der Waals surface area contributed by atoms with Gasteiger partial charge in [-0.15, -0.1) is 0 Å². The highest BCUT2D eigenvalue weighted by molar-refractivity contribution is 5.53. The highest BCUT2D eigenvalue weighted by atomic mass is 16.5. The van der Waals surface area contributed by atoms with Crippen molar-refractivity contribution in [2.24, 2.45) is 0 Å². The van der Waals surface area contributed by atoms with Gasteiger partial charge in [0.15, 0.2) is 5.82 Å². The molecule has 0 spiro atoms. The van der Waals surface area contributed by atoms with E-state index in [1.54, 1.807) is 6.20 Å². The van der Waals surface area contributed by atoms with Crippen LogP contribution >= 0.6 is 0 Å². The molecule has 0 radical (unpaired) electrons. The van der Waals surface area contributed by atoms with Crippen molar-refractivity contribution in [2.75, 3.05) is 42.9 Å². The van der Waals surface area contributed by atoms with E-state index in [1.807, 2.05) is 25.1 Å². The van der Waals surface area contributed by atoms with E-state index in [1.165, 1.54) is 5.56 Å². The molecule has 7 heteroatoms. The van der Waals surface area contributed by atoms with E-state index in [0.717, 1.165) is 44.4 Å². The third-order valence-corrected chi connectivity index (χ3v) is 4.66. The molecule has 4 rings (SSSR count). The first kappa shape index (κ1) is 18.2. The fourth-order valence-corrected chi connectivity index (χ4v) is 3.16. The van der Waals surface area contributed by atoms with Crippen LogP contribution in [0.4, 0.5) is 17.6 Å². The van der Waals surface area contributed by atoms with E-state index < -0.39 is 0 Å². The van der Waals surface area contributed by atoms with Crippen LogP contribution in [0.2, 0.25) is 0 Å². The fourth-order valence-electron chi connectivity index (χ4n) is 3.16. The summed E-state index contributed by atoms with van der Waals surface area (Å²) in [4.78, 5) is 13.7. The zero-order chi connectivity index (χ0) is 19.2. The molecule has 3 aromatic rings. The van der Waals surface area contributed by atoms with Crippen LogP contribution in [0.5, 0.6) is 0 Å². The van der Waals surface area contributed by atoms with Crippen LogP contribution in [-0.2, 0) is 0 Å². The Morgan fingerprint density at radius 2 is 1.89 bits per heavy atom. The number of piperazine rings is 1. The van der Waals surface area contributed by atoms with E-state index in [2.05, 4.69) is 66.7 Å². The van der Waals surface area contributed by atoms with Crippen LogP contribution in [0.3, 0.4) is 0 Å². The molecule has 0 bridgehead atoms. The lowest BCUT2D eigenvalue weighted by Gasteiger charge is -2.34. The molecule has 0 atom stereocenters. The molecule has 1 aliphatic heterocycles. The van der Waals surface area contributed by atoms with Gasteiger partial charge in [-0.1, -0.05) is 47.6 Å². The summed E-state index contributed by atoms with van der Waals surface area (Å²) >= 11 is 0. The van der Waals surface area contributed by atoms with E-state index in [4.69, 9.17) is 4.52 Å². The van der Waals surface area contributed by atoms with Crippen LogP contribution in [0, 0.1) is 6.92 Å². The fraction of sp³-hybridized carbons (Fsp3) is 0.286. The van der Waals surface area contributed by atoms with Crippen LogP contribution < -0.4 is 10.2 Å². The van der Waals surface area contributed by atoms with E-state index in [9.17, 15) is 0 Å². The molecule has 144 valence electrons. The normalized spacial score (nSPS) is 15.2. The molecule has 1 saturated heterocycles. The first-order valence-corrected chi connectivity index (χ1v) is 9.48. The highest BCUT2D eigenvalue weighted by Crippen LogP contribution is 2.17. The molecule has 1 fully saturated rings. The molecule has 0 saturated carbocycles. The molecule has 7 nitrogen and oxygen atoms in total. The second-order valence-electron chi connectivity index (χ2n) is 6.79. The Labute approximate surface area is 164 Å². The maximum atomic E-state index is 5.08. The topological polar surface area (TPSA) is 70.3 Å². The number of anilines is 3. The number of rotatable bonds is 6. The summed E-state index contributed by atoms with van der Waals surface area (Å²) in [6.07, 6.45) is 6.18. The Bertz CT molecular complexity index is 915. The summed E-state index contributed by atoms with van der Waals surface area (Å²) in [6, 6.07) is 14.1. The Morgan fingerprint density at radius 3 is 2.64 bits per heavy atom. The van der Waals surface area contributed by atoms with E-state index >= 15 is 0 Å². The zero-order valence-electron chi connectivity index (χ0n) is 16.0. The molecule has 1 aliphatic rings. The highest BCUT2D eigenvalue weighted by Gasteiger charge is 2.18.